The average molecular weight is 206 g/mol. The zero-order valence-corrected chi connectivity index (χ0v) is 7.70. The first-order valence-corrected chi connectivity index (χ1v) is 3.88. The minimum Gasteiger partial charge on any atom is -0.309 e. The Morgan fingerprint density at radius 2 is 1.85 bits per heavy atom. The van der Waals surface area contributed by atoms with Crippen LogP contribution in [0.25, 0.3) is 0 Å². The number of hydrogen-bond donors (Lipinski definition) is 1. The molecule has 4 heteroatoms. The van der Waals surface area contributed by atoms with Crippen molar-refractivity contribution in [2.24, 2.45) is 0 Å². The van der Waals surface area contributed by atoms with Gasteiger partial charge in [-0.15, -0.1) is 12.4 Å². The number of hydrogen-bond acceptors (Lipinski definition) is 1. The number of rotatable bonds is 1. The van der Waals surface area contributed by atoms with Crippen molar-refractivity contribution in [2.45, 2.75) is 19.5 Å². The monoisotopic (exact) mass is 205 g/mol. The lowest BCUT2D eigenvalue weighted by atomic mass is 10.1. The Morgan fingerprint density at radius 3 is 2.54 bits per heavy atom. The minimum absolute atomic E-state index is 0. The van der Waals surface area contributed by atoms with Crippen LogP contribution in [0.5, 0.6) is 0 Å². The van der Waals surface area contributed by atoms with Gasteiger partial charge in [0.2, 0.25) is 0 Å². The molecule has 1 aromatic carbocycles. The second-order valence-electron chi connectivity index (χ2n) is 2.93. The van der Waals surface area contributed by atoms with E-state index in [1.165, 1.54) is 6.07 Å². The molecule has 0 bridgehead atoms. The Labute approximate surface area is 81.6 Å². The summed E-state index contributed by atoms with van der Waals surface area (Å²) >= 11 is 0. The van der Waals surface area contributed by atoms with Crippen LogP contribution in [0.3, 0.4) is 0 Å². The zero-order chi connectivity index (χ0) is 8.55. The maximum absolute atomic E-state index is 12.2. The van der Waals surface area contributed by atoms with Crippen molar-refractivity contribution < 1.29 is 8.78 Å². The number of alkyl halides is 2. The molecular weight excluding hydrogens is 196 g/mol. The highest BCUT2D eigenvalue weighted by Crippen LogP contribution is 2.23. The van der Waals surface area contributed by atoms with Gasteiger partial charge in [-0.05, 0) is 17.2 Å². The van der Waals surface area contributed by atoms with Gasteiger partial charge in [-0.25, -0.2) is 8.78 Å². The fourth-order valence-corrected chi connectivity index (χ4v) is 1.45. The van der Waals surface area contributed by atoms with E-state index in [1.54, 1.807) is 12.1 Å². The van der Waals surface area contributed by atoms with Crippen LogP contribution >= 0.6 is 12.4 Å². The van der Waals surface area contributed by atoms with Crippen LogP contribution in [0.2, 0.25) is 0 Å². The van der Waals surface area contributed by atoms with E-state index in [9.17, 15) is 8.78 Å². The molecule has 0 radical (unpaired) electrons. The first kappa shape index (κ1) is 10.4. The van der Waals surface area contributed by atoms with E-state index in [2.05, 4.69) is 5.32 Å². The van der Waals surface area contributed by atoms with Crippen molar-refractivity contribution in [3.8, 4) is 0 Å². The van der Waals surface area contributed by atoms with Crippen molar-refractivity contribution in [3.05, 3.63) is 34.9 Å². The molecule has 13 heavy (non-hydrogen) atoms. The van der Waals surface area contributed by atoms with Gasteiger partial charge in [-0.2, -0.15) is 0 Å². The quantitative estimate of drug-likeness (QED) is 0.743. The molecule has 1 nitrogen and oxygen atoms in total. The second kappa shape index (κ2) is 4.03. The molecule has 1 N–H and O–H groups in total. The topological polar surface area (TPSA) is 12.0 Å². The zero-order valence-electron chi connectivity index (χ0n) is 6.89. The van der Waals surface area contributed by atoms with Gasteiger partial charge < -0.3 is 5.32 Å². The second-order valence-corrected chi connectivity index (χ2v) is 2.93. The van der Waals surface area contributed by atoms with E-state index in [0.717, 1.165) is 24.2 Å². The van der Waals surface area contributed by atoms with E-state index in [1.807, 2.05) is 0 Å². The van der Waals surface area contributed by atoms with Gasteiger partial charge in [0.25, 0.3) is 6.43 Å². The summed E-state index contributed by atoms with van der Waals surface area (Å²) < 4.78 is 24.4. The summed E-state index contributed by atoms with van der Waals surface area (Å²) in [4.78, 5) is 0. The summed E-state index contributed by atoms with van der Waals surface area (Å²) in [5.74, 6) is 0. The molecule has 0 atom stereocenters. The molecule has 0 aliphatic carbocycles. The van der Waals surface area contributed by atoms with Crippen molar-refractivity contribution in [1.82, 2.24) is 5.32 Å². The third-order valence-electron chi connectivity index (χ3n) is 2.11. The Hall–Kier alpha value is -0.670. The van der Waals surface area contributed by atoms with Gasteiger partial charge in [-0.3, -0.25) is 0 Å². The Kier molecular flexibility index (Phi) is 3.22. The van der Waals surface area contributed by atoms with Gasteiger partial charge in [-0.1, -0.05) is 12.1 Å². The van der Waals surface area contributed by atoms with Crippen molar-refractivity contribution in [3.63, 3.8) is 0 Å². The first-order valence-electron chi connectivity index (χ1n) is 3.88. The molecule has 72 valence electrons. The molecule has 0 saturated carbocycles. The summed E-state index contributed by atoms with van der Waals surface area (Å²) in [6, 6.07) is 4.85. The lowest BCUT2D eigenvalue weighted by Crippen LogP contribution is -1.99. The lowest BCUT2D eigenvalue weighted by molar-refractivity contribution is 0.151. The Morgan fingerprint density at radius 1 is 1.15 bits per heavy atom. The standard InChI is InChI=1S/C9H9F2N.ClH/c10-9(11)6-1-2-7-4-12-5-8(7)3-6;/h1-3,9,12H,4-5H2;1H. The van der Waals surface area contributed by atoms with Gasteiger partial charge in [0.05, 0.1) is 0 Å². The summed E-state index contributed by atoms with van der Waals surface area (Å²) in [6.07, 6.45) is -2.35. The third-order valence-corrected chi connectivity index (χ3v) is 2.11. The molecular formula is C9H10ClF2N. The van der Waals surface area contributed by atoms with Crippen molar-refractivity contribution in [2.75, 3.05) is 0 Å². The van der Waals surface area contributed by atoms with Crippen LogP contribution in [0.1, 0.15) is 23.1 Å². The van der Waals surface area contributed by atoms with E-state index < -0.39 is 6.43 Å². The normalized spacial score (nSPS) is 14.1. The van der Waals surface area contributed by atoms with Crippen LogP contribution in [0.4, 0.5) is 8.78 Å². The van der Waals surface area contributed by atoms with Gasteiger partial charge in [0.1, 0.15) is 0 Å². The Balaban J connectivity index is 0.000000845. The number of nitrogens with one attached hydrogen (secondary N) is 1. The van der Waals surface area contributed by atoms with Crippen LogP contribution < -0.4 is 5.32 Å². The molecule has 0 aromatic heterocycles. The van der Waals surface area contributed by atoms with E-state index >= 15 is 0 Å². The molecule has 0 amide bonds. The molecule has 1 aromatic rings. The third kappa shape index (κ3) is 1.98. The molecule has 0 saturated heterocycles. The van der Waals surface area contributed by atoms with Gasteiger partial charge in [0.15, 0.2) is 0 Å². The highest BCUT2D eigenvalue weighted by atomic mass is 35.5. The van der Waals surface area contributed by atoms with Crippen LogP contribution in [0.15, 0.2) is 18.2 Å². The van der Waals surface area contributed by atoms with Crippen LogP contribution in [0, 0.1) is 0 Å². The predicted octanol–water partition coefficient (Wildman–Crippen LogP) is 2.65. The Bertz CT molecular complexity index is 302. The molecule has 1 aliphatic heterocycles. The molecule has 0 fully saturated rings. The number of fused-ring (bicyclic) bond motifs is 1. The number of benzene rings is 1. The fourth-order valence-electron chi connectivity index (χ4n) is 1.45. The fraction of sp³-hybridized carbons (Fsp3) is 0.333. The predicted molar refractivity (Wildman–Crippen MR) is 49.2 cm³/mol. The summed E-state index contributed by atoms with van der Waals surface area (Å²) in [5, 5.41) is 3.11. The van der Waals surface area contributed by atoms with E-state index in [4.69, 9.17) is 0 Å². The highest BCUT2D eigenvalue weighted by Gasteiger charge is 2.13. The van der Waals surface area contributed by atoms with Crippen LogP contribution in [-0.2, 0) is 13.1 Å². The lowest BCUT2D eigenvalue weighted by Gasteiger charge is -2.01. The molecule has 1 aliphatic rings. The van der Waals surface area contributed by atoms with E-state index in [-0.39, 0.29) is 18.0 Å². The summed E-state index contributed by atoms with van der Waals surface area (Å²) in [7, 11) is 0. The number of halogens is 3. The molecule has 0 unspecified atom stereocenters. The van der Waals surface area contributed by atoms with Gasteiger partial charge >= 0.3 is 0 Å². The average Bonchev–Trinajstić information content (AvgIpc) is 2.49. The highest BCUT2D eigenvalue weighted by molar-refractivity contribution is 5.85. The largest absolute Gasteiger partial charge is 0.309 e. The first-order chi connectivity index (χ1) is 5.77. The molecule has 2 rings (SSSR count). The maximum atomic E-state index is 12.2. The van der Waals surface area contributed by atoms with E-state index in [0.29, 0.717) is 0 Å². The summed E-state index contributed by atoms with van der Waals surface area (Å²) in [5.41, 5.74) is 2.27. The maximum Gasteiger partial charge on any atom is 0.263 e. The molecule has 0 spiro atoms. The SMILES string of the molecule is Cl.FC(F)c1ccc2c(c1)CNC2. The minimum atomic E-state index is -2.35. The van der Waals surface area contributed by atoms with Crippen molar-refractivity contribution in [1.29, 1.82) is 0 Å². The van der Waals surface area contributed by atoms with Crippen LogP contribution in [-0.4, -0.2) is 0 Å². The van der Waals surface area contributed by atoms with Gasteiger partial charge in [0, 0.05) is 18.7 Å². The summed E-state index contributed by atoms with van der Waals surface area (Å²) in [6.45, 7) is 1.52. The smallest absolute Gasteiger partial charge is 0.263 e. The van der Waals surface area contributed by atoms with Crippen molar-refractivity contribution >= 4 is 12.4 Å². The molecule has 1 heterocycles.